The van der Waals surface area contributed by atoms with Crippen molar-refractivity contribution < 1.29 is 9.53 Å². The number of likely N-dealkylation sites (N-methyl/N-ethyl adjacent to an activating group) is 1. The molecular formula is C16H22N4O2. The molecule has 2 fully saturated rings. The second-order valence-corrected chi connectivity index (χ2v) is 6.34. The molecule has 0 saturated carbocycles. The van der Waals surface area contributed by atoms with Gasteiger partial charge in [0.1, 0.15) is 11.8 Å². The summed E-state index contributed by atoms with van der Waals surface area (Å²) in [4.78, 5) is 16.5. The minimum Gasteiger partial charge on any atom is -0.378 e. The molecule has 0 radical (unpaired) electrons. The highest BCUT2D eigenvalue weighted by Crippen LogP contribution is 2.23. The smallest absolute Gasteiger partial charge is 0.229 e. The first kappa shape index (κ1) is 15.1. The summed E-state index contributed by atoms with van der Waals surface area (Å²) in [7, 11) is 3.79. The Kier molecular flexibility index (Phi) is 3.94. The molecule has 2 saturated heterocycles. The van der Waals surface area contributed by atoms with Crippen molar-refractivity contribution in [2.75, 3.05) is 33.4 Å². The van der Waals surface area contributed by atoms with Crippen LogP contribution in [0.25, 0.3) is 0 Å². The van der Waals surface area contributed by atoms with Crippen molar-refractivity contribution in [1.29, 1.82) is 5.26 Å². The quantitative estimate of drug-likeness (QED) is 0.798. The molecule has 1 aromatic rings. The lowest BCUT2D eigenvalue weighted by molar-refractivity contribution is -0.133. The van der Waals surface area contributed by atoms with Crippen LogP contribution in [0, 0.1) is 24.2 Å². The molecule has 0 unspecified atom stereocenters. The van der Waals surface area contributed by atoms with E-state index in [9.17, 15) is 4.79 Å². The van der Waals surface area contributed by atoms with Crippen LogP contribution in [0.15, 0.2) is 6.07 Å². The molecule has 6 nitrogen and oxygen atoms in total. The van der Waals surface area contributed by atoms with E-state index in [0.29, 0.717) is 18.9 Å². The first-order valence-electron chi connectivity index (χ1n) is 7.63. The number of fused-ring (bicyclic) bond motifs is 3. The van der Waals surface area contributed by atoms with Gasteiger partial charge in [-0.05, 0) is 18.6 Å². The van der Waals surface area contributed by atoms with Crippen LogP contribution in [0.1, 0.15) is 17.0 Å². The Morgan fingerprint density at radius 2 is 2.14 bits per heavy atom. The molecule has 1 aromatic heterocycles. The number of hydrogen-bond donors (Lipinski definition) is 0. The fourth-order valence-corrected chi connectivity index (χ4v) is 3.39. The van der Waals surface area contributed by atoms with Crippen molar-refractivity contribution in [3.63, 3.8) is 0 Å². The zero-order valence-corrected chi connectivity index (χ0v) is 13.4. The Bertz CT molecular complexity index is 631. The first-order chi connectivity index (χ1) is 10.5. The van der Waals surface area contributed by atoms with Gasteiger partial charge in [0.15, 0.2) is 0 Å². The van der Waals surface area contributed by atoms with Crippen LogP contribution in [0.2, 0.25) is 0 Å². The minimum atomic E-state index is -0.0862. The molecule has 118 valence electrons. The van der Waals surface area contributed by atoms with Gasteiger partial charge in [0.05, 0.1) is 25.2 Å². The maximum Gasteiger partial charge on any atom is 0.229 e. The van der Waals surface area contributed by atoms with E-state index in [1.54, 1.807) is 0 Å². The van der Waals surface area contributed by atoms with E-state index < -0.39 is 0 Å². The largest absolute Gasteiger partial charge is 0.378 e. The highest BCUT2D eigenvalue weighted by Gasteiger charge is 2.37. The molecule has 1 amide bonds. The Morgan fingerprint density at radius 3 is 2.82 bits per heavy atom. The fraction of sp³-hybridized carbons (Fsp3) is 0.625. The number of hydrogen-bond acceptors (Lipinski definition) is 4. The van der Waals surface area contributed by atoms with Gasteiger partial charge < -0.3 is 14.2 Å². The normalized spacial score (nSPS) is 25.9. The van der Waals surface area contributed by atoms with Gasteiger partial charge in [-0.2, -0.15) is 5.26 Å². The molecule has 0 spiro atoms. The van der Waals surface area contributed by atoms with E-state index in [-0.39, 0.29) is 17.9 Å². The summed E-state index contributed by atoms with van der Waals surface area (Å²) < 4.78 is 7.55. The minimum absolute atomic E-state index is 0.0862. The second kappa shape index (κ2) is 5.75. The van der Waals surface area contributed by atoms with Crippen LogP contribution >= 0.6 is 0 Å². The number of ether oxygens (including phenoxy) is 1. The zero-order chi connectivity index (χ0) is 15.9. The number of nitriles is 1. The first-order valence-corrected chi connectivity index (χ1v) is 7.63. The van der Waals surface area contributed by atoms with Gasteiger partial charge in [0.25, 0.3) is 0 Å². The van der Waals surface area contributed by atoms with Gasteiger partial charge in [-0.3, -0.25) is 9.69 Å². The average Bonchev–Trinajstić information content (AvgIpc) is 2.60. The van der Waals surface area contributed by atoms with Crippen molar-refractivity contribution in [3.05, 3.63) is 23.0 Å². The van der Waals surface area contributed by atoms with Crippen LogP contribution in [0.4, 0.5) is 0 Å². The van der Waals surface area contributed by atoms with Gasteiger partial charge in [0.2, 0.25) is 5.91 Å². The van der Waals surface area contributed by atoms with Crippen LogP contribution in [-0.4, -0.2) is 59.7 Å². The summed E-state index contributed by atoms with van der Waals surface area (Å²) in [5.41, 5.74) is 2.95. The number of aromatic nitrogens is 1. The molecule has 2 bridgehead atoms. The summed E-state index contributed by atoms with van der Waals surface area (Å²) in [6.45, 7) is 5.45. The lowest BCUT2D eigenvalue weighted by atomic mass is 10.1. The number of rotatable bonds is 2. The number of nitrogens with zero attached hydrogens (tertiary/aromatic N) is 4. The molecule has 2 atom stereocenters. The third-order valence-corrected chi connectivity index (χ3v) is 4.97. The van der Waals surface area contributed by atoms with Crippen LogP contribution in [0.5, 0.6) is 0 Å². The molecule has 2 aliphatic rings. The predicted octanol–water partition coefficient (Wildman–Crippen LogP) is 0.494. The maximum atomic E-state index is 12.4. The molecular weight excluding hydrogens is 280 g/mol. The maximum absolute atomic E-state index is 12.4. The van der Waals surface area contributed by atoms with E-state index in [2.05, 4.69) is 11.0 Å². The van der Waals surface area contributed by atoms with Crippen LogP contribution in [-0.2, 0) is 23.1 Å². The highest BCUT2D eigenvalue weighted by atomic mass is 16.5. The Labute approximate surface area is 130 Å². The van der Waals surface area contributed by atoms with E-state index in [4.69, 9.17) is 10.00 Å². The predicted molar refractivity (Wildman–Crippen MR) is 81.0 cm³/mol. The Morgan fingerprint density at radius 1 is 1.36 bits per heavy atom. The Balaban J connectivity index is 1.82. The molecule has 0 N–H and O–H groups in total. The monoisotopic (exact) mass is 302 g/mol. The van der Waals surface area contributed by atoms with E-state index in [1.165, 1.54) is 0 Å². The zero-order valence-electron chi connectivity index (χ0n) is 13.4. The molecule has 3 heterocycles. The number of carbonyl (C=O) groups excluding carboxylic acids is 1. The van der Waals surface area contributed by atoms with Crippen molar-refractivity contribution >= 4 is 5.91 Å². The molecule has 0 aromatic carbocycles. The number of carbonyl (C=O) groups is 1. The third kappa shape index (κ3) is 2.51. The second-order valence-electron chi connectivity index (χ2n) is 6.34. The lowest BCUT2D eigenvalue weighted by Gasteiger charge is -2.29. The van der Waals surface area contributed by atoms with Gasteiger partial charge in [-0.15, -0.1) is 0 Å². The lowest BCUT2D eigenvalue weighted by Crippen LogP contribution is -2.42. The average molecular weight is 302 g/mol. The fourth-order valence-electron chi connectivity index (χ4n) is 3.39. The topological polar surface area (TPSA) is 61.5 Å². The van der Waals surface area contributed by atoms with Crippen molar-refractivity contribution in [1.82, 2.24) is 14.4 Å². The molecule has 3 rings (SSSR count). The van der Waals surface area contributed by atoms with Crippen molar-refractivity contribution in [2.45, 2.75) is 19.5 Å². The summed E-state index contributed by atoms with van der Waals surface area (Å²) in [6.07, 6.45) is 0. The Hall–Kier alpha value is -1.84. The SMILES string of the molecule is Cc1c(CN2C[C@@H]3COC[C@H](C2)N(C)C3=O)cc(C#N)n1C. The van der Waals surface area contributed by atoms with Crippen LogP contribution in [0.3, 0.4) is 0 Å². The molecule has 6 heteroatoms. The van der Waals surface area contributed by atoms with Gasteiger partial charge >= 0.3 is 0 Å². The van der Waals surface area contributed by atoms with E-state index >= 15 is 0 Å². The van der Waals surface area contributed by atoms with E-state index in [0.717, 1.165) is 30.9 Å². The standard InChI is InChI=1S/C16H22N4O2/c1-11-12(4-14(5-17)18(11)2)6-20-7-13-9-22-10-15(8-20)19(3)16(13)21/h4,13,15H,6-10H2,1-3H3/t13-,15+/m1/s1. The summed E-state index contributed by atoms with van der Waals surface area (Å²) in [5, 5.41) is 9.16. The molecule has 22 heavy (non-hydrogen) atoms. The van der Waals surface area contributed by atoms with Gasteiger partial charge in [0, 0.05) is 39.4 Å². The van der Waals surface area contributed by atoms with Gasteiger partial charge in [-0.25, -0.2) is 0 Å². The summed E-state index contributed by atoms with van der Waals surface area (Å²) in [6, 6.07) is 4.29. The third-order valence-electron chi connectivity index (χ3n) is 4.97. The van der Waals surface area contributed by atoms with Crippen molar-refractivity contribution in [2.24, 2.45) is 13.0 Å². The van der Waals surface area contributed by atoms with Crippen LogP contribution < -0.4 is 0 Å². The van der Waals surface area contributed by atoms with Gasteiger partial charge in [-0.1, -0.05) is 0 Å². The molecule has 2 aliphatic heterocycles. The summed E-state index contributed by atoms with van der Waals surface area (Å²) in [5.74, 6) is 0.101. The summed E-state index contributed by atoms with van der Waals surface area (Å²) >= 11 is 0. The van der Waals surface area contributed by atoms with E-state index in [1.807, 2.05) is 36.6 Å². The van der Waals surface area contributed by atoms with Crippen molar-refractivity contribution in [3.8, 4) is 6.07 Å². The highest BCUT2D eigenvalue weighted by molar-refractivity contribution is 5.79. The molecule has 0 aliphatic carbocycles. The number of amides is 1.